The number of nitrogens with one attached hydrogen (secondary N) is 2. The van der Waals surface area contributed by atoms with Crippen molar-refractivity contribution in [1.29, 1.82) is 5.53 Å². The van der Waals surface area contributed by atoms with Crippen molar-refractivity contribution < 1.29 is 17.8 Å². The van der Waals surface area contributed by atoms with Gasteiger partial charge < -0.3 is 10.2 Å². The van der Waals surface area contributed by atoms with Crippen LogP contribution in [0, 0.1) is 11.4 Å². The fourth-order valence-electron chi connectivity index (χ4n) is 2.41. The molecule has 1 fully saturated rings. The molecule has 1 aliphatic heterocycles. The van der Waals surface area contributed by atoms with Crippen LogP contribution in [0.2, 0.25) is 0 Å². The average molecular weight is 326 g/mol. The molecule has 8 nitrogen and oxygen atoms in total. The highest BCUT2D eigenvalue weighted by Crippen LogP contribution is 2.19. The molecule has 1 aromatic rings. The summed E-state index contributed by atoms with van der Waals surface area (Å²) in [6, 6.07) is 5.39. The van der Waals surface area contributed by atoms with Crippen LogP contribution in [0.4, 0.5) is 10.5 Å². The maximum absolute atomic E-state index is 11.3. The minimum atomic E-state index is -4.16. The molecule has 9 heteroatoms. The largest absolute Gasteiger partial charge is 0.385 e. The zero-order valence-corrected chi connectivity index (χ0v) is 12.7. The molecule has 1 aromatic carbocycles. The number of likely N-dealkylation sites (tertiary alicyclic amines) is 1. The standard InChI is InChI=1S/C13H18N4O4S/c14-16-13(18)17-7-5-10(6-8-17)9-15-11-1-3-12(4-2-11)22(19,20)21/h1-4,10,14-15H,5-9H2,(H,19,20,21). The molecule has 1 saturated heterocycles. The van der Waals surface area contributed by atoms with Crippen LogP contribution in [-0.2, 0) is 10.1 Å². The summed E-state index contributed by atoms with van der Waals surface area (Å²) in [7, 11) is -4.16. The van der Waals surface area contributed by atoms with Gasteiger partial charge in [0, 0.05) is 25.3 Å². The van der Waals surface area contributed by atoms with Gasteiger partial charge in [-0.15, -0.1) is 0 Å². The lowest BCUT2D eigenvalue weighted by Crippen LogP contribution is -2.38. The normalized spacial score (nSPS) is 16.3. The maximum atomic E-state index is 11.3. The molecule has 0 bridgehead atoms. The van der Waals surface area contributed by atoms with Gasteiger partial charge >= 0.3 is 6.03 Å². The summed E-state index contributed by atoms with van der Waals surface area (Å²) in [6.45, 7) is 1.90. The number of amides is 2. The Kier molecular flexibility index (Phi) is 5.09. The summed E-state index contributed by atoms with van der Waals surface area (Å²) in [5.74, 6) is 0.399. The molecule has 0 unspecified atom stereocenters. The van der Waals surface area contributed by atoms with Crippen LogP contribution in [-0.4, -0.2) is 43.5 Å². The van der Waals surface area contributed by atoms with E-state index in [2.05, 4.69) is 10.4 Å². The van der Waals surface area contributed by atoms with E-state index in [-0.39, 0.29) is 4.90 Å². The molecule has 1 heterocycles. The van der Waals surface area contributed by atoms with Gasteiger partial charge in [-0.1, -0.05) is 5.11 Å². The highest BCUT2D eigenvalue weighted by Gasteiger charge is 2.22. The van der Waals surface area contributed by atoms with Crippen LogP contribution < -0.4 is 5.32 Å². The fraction of sp³-hybridized carbons (Fsp3) is 0.462. The first-order valence-electron chi connectivity index (χ1n) is 6.88. The lowest BCUT2D eigenvalue weighted by molar-refractivity contribution is 0.179. The van der Waals surface area contributed by atoms with E-state index in [0.717, 1.165) is 18.5 Å². The monoisotopic (exact) mass is 326 g/mol. The minimum absolute atomic E-state index is 0.135. The Bertz CT molecular complexity index is 637. The average Bonchev–Trinajstić information content (AvgIpc) is 2.52. The third-order valence-corrected chi connectivity index (χ3v) is 4.60. The van der Waals surface area contributed by atoms with Gasteiger partial charge in [-0.25, -0.2) is 4.79 Å². The molecular weight excluding hydrogens is 308 g/mol. The van der Waals surface area contributed by atoms with Crippen molar-refractivity contribution in [1.82, 2.24) is 4.90 Å². The maximum Gasteiger partial charge on any atom is 0.361 e. The predicted molar refractivity (Wildman–Crippen MR) is 79.6 cm³/mol. The number of piperidine rings is 1. The summed E-state index contributed by atoms with van der Waals surface area (Å²) >= 11 is 0. The van der Waals surface area contributed by atoms with E-state index in [1.54, 1.807) is 17.0 Å². The molecule has 0 spiro atoms. The number of carbonyl (C=O) groups excluding carboxylic acids is 1. The third-order valence-electron chi connectivity index (χ3n) is 3.73. The molecule has 0 aliphatic carbocycles. The first-order chi connectivity index (χ1) is 10.4. The number of nitrogens with zero attached hydrogens (tertiary/aromatic N) is 2. The first kappa shape index (κ1) is 16.4. The SMILES string of the molecule is N=NC(=O)N1CCC(CNc2ccc(S(=O)(=O)O)cc2)CC1. The Morgan fingerprint density at radius 3 is 2.41 bits per heavy atom. The Morgan fingerprint density at radius 1 is 1.32 bits per heavy atom. The molecule has 3 N–H and O–H groups in total. The molecule has 0 radical (unpaired) electrons. The van der Waals surface area contributed by atoms with Crippen LogP contribution in [0.15, 0.2) is 34.3 Å². The van der Waals surface area contributed by atoms with Crippen molar-refractivity contribution in [2.45, 2.75) is 17.7 Å². The van der Waals surface area contributed by atoms with Gasteiger partial charge in [0.25, 0.3) is 10.1 Å². The molecule has 1 aliphatic rings. The van der Waals surface area contributed by atoms with E-state index in [4.69, 9.17) is 10.1 Å². The van der Waals surface area contributed by atoms with Crippen molar-refractivity contribution in [3.8, 4) is 0 Å². The van der Waals surface area contributed by atoms with Crippen molar-refractivity contribution in [2.24, 2.45) is 11.0 Å². The van der Waals surface area contributed by atoms with E-state index >= 15 is 0 Å². The zero-order chi connectivity index (χ0) is 16.2. The Labute approximate surface area is 128 Å². The predicted octanol–water partition coefficient (Wildman–Crippen LogP) is 2.21. The highest BCUT2D eigenvalue weighted by atomic mass is 32.2. The Hall–Kier alpha value is -2.00. The van der Waals surface area contributed by atoms with Gasteiger partial charge in [0.1, 0.15) is 0 Å². The number of anilines is 1. The summed E-state index contributed by atoms with van der Waals surface area (Å²) < 4.78 is 30.8. The van der Waals surface area contributed by atoms with E-state index in [1.807, 2.05) is 0 Å². The molecule has 0 saturated carbocycles. The second kappa shape index (κ2) is 6.84. The van der Waals surface area contributed by atoms with Crippen molar-refractivity contribution >= 4 is 21.8 Å². The van der Waals surface area contributed by atoms with Gasteiger partial charge in [0.2, 0.25) is 0 Å². The van der Waals surface area contributed by atoms with Crippen molar-refractivity contribution in [3.63, 3.8) is 0 Å². The summed E-state index contributed by atoms with van der Waals surface area (Å²) in [4.78, 5) is 12.7. The van der Waals surface area contributed by atoms with Crippen molar-refractivity contribution in [3.05, 3.63) is 24.3 Å². The second-order valence-electron chi connectivity index (χ2n) is 5.21. The summed E-state index contributed by atoms with van der Waals surface area (Å²) in [5, 5.41) is 6.12. The van der Waals surface area contributed by atoms with Crippen LogP contribution in [0.1, 0.15) is 12.8 Å². The van der Waals surface area contributed by atoms with Gasteiger partial charge in [0.15, 0.2) is 0 Å². The lowest BCUT2D eigenvalue weighted by Gasteiger charge is -2.30. The topological polar surface area (TPSA) is 123 Å². The fourth-order valence-corrected chi connectivity index (χ4v) is 2.89. The lowest BCUT2D eigenvalue weighted by atomic mass is 9.97. The molecule has 0 atom stereocenters. The molecule has 22 heavy (non-hydrogen) atoms. The number of hydrogen-bond donors (Lipinski definition) is 3. The van der Waals surface area contributed by atoms with E-state index in [0.29, 0.717) is 25.6 Å². The minimum Gasteiger partial charge on any atom is -0.385 e. The zero-order valence-electron chi connectivity index (χ0n) is 11.9. The quantitative estimate of drug-likeness (QED) is 0.578. The van der Waals surface area contributed by atoms with E-state index in [1.165, 1.54) is 12.1 Å². The van der Waals surface area contributed by atoms with Crippen LogP contribution in [0.5, 0.6) is 0 Å². The molecule has 120 valence electrons. The molecule has 2 amide bonds. The van der Waals surface area contributed by atoms with E-state index in [9.17, 15) is 13.2 Å². The number of carbonyl (C=O) groups is 1. The summed E-state index contributed by atoms with van der Waals surface area (Å²) in [6.07, 6.45) is 1.66. The van der Waals surface area contributed by atoms with Crippen molar-refractivity contribution in [2.75, 3.05) is 25.0 Å². The first-order valence-corrected chi connectivity index (χ1v) is 8.32. The van der Waals surface area contributed by atoms with Gasteiger partial charge in [-0.2, -0.15) is 13.9 Å². The van der Waals surface area contributed by atoms with Gasteiger partial charge in [-0.05, 0) is 43.0 Å². The number of benzene rings is 1. The van der Waals surface area contributed by atoms with Gasteiger partial charge in [-0.3, -0.25) is 4.55 Å². The molecular formula is C13H18N4O4S. The van der Waals surface area contributed by atoms with Crippen LogP contribution >= 0.6 is 0 Å². The smallest absolute Gasteiger partial charge is 0.361 e. The third kappa shape index (κ3) is 4.25. The van der Waals surface area contributed by atoms with Crippen LogP contribution in [0.25, 0.3) is 0 Å². The number of rotatable bonds is 4. The Balaban J connectivity index is 1.82. The number of hydrogen-bond acceptors (Lipinski definition) is 5. The molecule has 0 aromatic heterocycles. The van der Waals surface area contributed by atoms with Crippen LogP contribution in [0.3, 0.4) is 0 Å². The van der Waals surface area contributed by atoms with Gasteiger partial charge in [0.05, 0.1) is 4.90 Å². The highest BCUT2D eigenvalue weighted by molar-refractivity contribution is 7.85. The summed E-state index contributed by atoms with van der Waals surface area (Å²) in [5.41, 5.74) is 7.48. The number of urea groups is 1. The second-order valence-corrected chi connectivity index (χ2v) is 6.63. The van der Waals surface area contributed by atoms with E-state index < -0.39 is 16.1 Å². The Morgan fingerprint density at radius 2 is 1.91 bits per heavy atom. The molecule has 2 rings (SSSR count).